The Labute approximate surface area is 163 Å². The highest BCUT2D eigenvalue weighted by Gasteiger charge is 2.18. The molecule has 0 aromatic heterocycles. The summed E-state index contributed by atoms with van der Waals surface area (Å²) in [6.07, 6.45) is 12.7. The van der Waals surface area contributed by atoms with Gasteiger partial charge < -0.3 is 4.74 Å². The summed E-state index contributed by atoms with van der Waals surface area (Å²) in [6.45, 7) is 2.92. The molecule has 27 heavy (non-hydrogen) atoms. The van der Waals surface area contributed by atoms with Crippen molar-refractivity contribution >= 4 is 0 Å². The predicted octanol–water partition coefficient (Wildman–Crippen LogP) is 6.77. The average Bonchev–Trinajstić information content (AvgIpc) is 2.73. The minimum absolute atomic E-state index is 0.630. The standard InChI is InChI=1S/C25H29NO/c1-2-4-20-6-8-21(9-7-20)5-3-18-27-25-16-14-24(15-17-25)23-12-10-22(19-26)11-13-23/h3,5,10-17,20-21H,2,4,6-9,18H2,1H3/b5-3+/t20-,21-. The number of benzene rings is 2. The third kappa shape index (κ3) is 5.73. The van der Waals surface area contributed by atoms with Crippen LogP contribution >= 0.6 is 0 Å². The second-order valence-electron chi connectivity index (χ2n) is 7.52. The highest BCUT2D eigenvalue weighted by atomic mass is 16.5. The van der Waals surface area contributed by atoms with Gasteiger partial charge in [-0.15, -0.1) is 0 Å². The molecule has 0 heterocycles. The zero-order chi connectivity index (χ0) is 18.9. The summed E-state index contributed by atoms with van der Waals surface area (Å²) in [5, 5.41) is 8.88. The summed E-state index contributed by atoms with van der Waals surface area (Å²) in [7, 11) is 0. The quantitative estimate of drug-likeness (QED) is 0.511. The summed E-state index contributed by atoms with van der Waals surface area (Å²) >= 11 is 0. The Morgan fingerprint density at radius 1 is 0.963 bits per heavy atom. The lowest BCUT2D eigenvalue weighted by molar-refractivity contribution is 0.292. The van der Waals surface area contributed by atoms with Gasteiger partial charge in [0.1, 0.15) is 12.4 Å². The van der Waals surface area contributed by atoms with Crippen molar-refractivity contribution in [2.75, 3.05) is 6.61 Å². The van der Waals surface area contributed by atoms with E-state index in [0.717, 1.165) is 28.7 Å². The van der Waals surface area contributed by atoms with E-state index in [1.807, 2.05) is 36.4 Å². The third-order valence-electron chi connectivity index (χ3n) is 5.54. The molecule has 140 valence electrons. The van der Waals surface area contributed by atoms with Crippen molar-refractivity contribution in [2.45, 2.75) is 45.4 Å². The molecule has 2 heteroatoms. The Morgan fingerprint density at radius 3 is 2.19 bits per heavy atom. The Morgan fingerprint density at radius 2 is 1.59 bits per heavy atom. The number of nitrogens with zero attached hydrogens (tertiary/aromatic N) is 1. The van der Waals surface area contributed by atoms with Gasteiger partial charge in [0.05, 0.1) is 11.6 Å². The average molecular weight is 360 g/mol. The van der Waals surface area contributed by atoms with E-state index in [1.165, 1.54) is 38.5 Å². The molecule has 1 saturated carbocycles. The number of rotatable bonds is 7. The minimum atomic E-state index is 0.630. The molecule has 3 rings (SSSR count). The summed E-state index contributed by atoms with van der Waals surface area (Å²) in [4.78, 5) is 0. The maximum atomic E-state index is 8.88. The van der Waals surface area contributed by atoms with Crippen LogP contribution in [0.4, 0.5) is 0 Å². The molecule has 2 aromatic rings. The summed E-state index contributed by atoms with van der Waals surface area (Å²) in [6, 6.07) is 18.0. The summed E-state index contributed by atoms with van der Waals surface area (Å²) < 4.78 is 5.85. The van der Waals surface area contributed by atoms with E-state index >= 15 is 0 Å². The van der Waals surface area contributed by atoms with E-state index in [2.05, 4.69) is 37.3 Å². The number of allylic oxidation sites excluding steroid dienone is 1. The van der Waals surface area contributed by atoms with Crippen molar-refractivity contribution in [1.82, 2.24) is 0 Å². The fraction of sp³-hybridized carbons (Fsp3) is 0.400. The van der Waals surface area contributed by atoms with Crippen LogP contribution < -0.4 is 4.74 Å². The van der Waals surface area contributed by atoms with Gasteiger partial charge in [-0.3, -0.25) is 0 Å². The van der Waals surface area contributed by atoms with E-state index < -0.39 is 0 Å². The topological polar surface area (TPSA) is 33.0 Å². The van der Waals surface area contributed by atoms with Crippen LogP contribution in [0.3, 0.4) is 0 Å². The maximum absolute atomic E-state index is 8.88. The van der Waals surface area contributed by atoms with Crippen LogP contribution in [0.25, 0.3) is 11.1 Å². The van der Waals surface area contributed by atoms with E-state index in [-0.39, 0.29) is 0 Å². The van der Waals surface area contributed by atoms with Crippen LogP contribution in [0, 0.1) is 23.2 Å². The molecular weight excluding hydrogens is 330 g/mol. The summed E-state index contributed by atoms with van der Waals surface area (Å²) in [5.74, 6) is 2.59. The van der Waals surface area contributed by atoms with Gasteiger partial charge in [-0.1, -0.05) is 56.2 Å². The zero-order valence-electron chi connectivity index (χ0n) is 16.2. The van der Waals surface area contributed by atoms with Gasteiger partial charge in [-0.05, 0) is 72.9 Å². The Kier molecular flexibility index (Phi) is 7.11. The smallest absolute Gasteiger partial charge is 0.119 e. The number of nitriles is 1. The van der Waals surface area contributed by atoms with E-state index in [9.17, 15) is 0 Å². The van der Waals surface area contributed by atoms with E-state index in [4.69, 9.17) is 10.00 Å². The highest BCUT2D eigenvalue weighted by molar-refractivity contribution is 5.64. The van der Waals surface area contributed by atoms with Crippen LogP contribution in [-0.4, -0.2) is 6.61 Å². The van der Waals surface area contributed by atoms with Gasteiger partial charge in [0.15, 0.2) is 0 Å². The fourth-order valence-electron chi connectivity index (χ4n) is 3.95. The molecule has 0 N–H and O–H groups in total. The van der Waals surface area contributed by atoms with Crippen LogP contribution in [0.2, 0.25) is 0 Å². The second kappa shape index (κ2) is 9.97. The first-order valence-electron chi connectivity index (χ1n) is 10.2. The van der Waals surface area contributed by atoms with Crippen molar-refractivity contribution < 1.29 is 4.74 Å². The first-order valence-corrected chi connectivity index (χ1v) is 10.2. The molecule has 1 fully saturated rings. The monoisotopic (exact) mass is 359 g/mol. The number of hydrogen-bond acceptors (Lipinski definition) is 2. The predicted molar refractivity (Wildman–Crippen MR) is 112 cm³/mol. The Balaban J connectivity index is 1.44. The molecule has 1 aliphatic rings. The molecule has 0 radical (unpaired) electrons. The first-order chi connectivity index (χ1) is 13.3. The molecule has 0 spiro atoms. The van der Waals surface area contributed by atoms with Crippen LogP contribution in [0.1, 0.15) is 51.0 Å². The van der Waals surface area contributed by atoms with Crippen molar-refractivity contribution in [3.8, 4) is 22.9 Å². The maximum Gasteiger partial charge on any atom is 0.119 e. The SMILES string of the molecule is CCC[C@H]1CC[C@H](/C=C/COc2ccc(-c3ccc(C#N)cc3)cc2)CC1. The third-order valence-corrected chi connectivity index (χ3v) is 5.54. The number of hydrogen-bond donors (Lipinski definition) is 0. The lowest BCUT2D eigenvalue weighted by Crippen LogP contribution is -2.13. The van der Waals surface area contributed by atoms with Crippen LogP contribution in [0.15, 0.2) is 60.7 Å². The lowest BCUT2D eigenvalue weighted by atomic mass is 9.80. The van der Waals surface area contributed by atoms with Crippen LogP contribution in [0.5, 0.6) is 5.75 Å². The molecule has 0 amide bonds. The summed E-state index contributed by atoms with van der Waals surface area (Å²) in [5.41, 5.74) is 2.93. The van der Waals surface area contributed by atoms with Gasteiger partial charge >= 0.3 is 0 Å². The molecule has 0 saturated heterocycles. The largest absolute Gasteiger partial charge is 0.490 e. The second-order valence-corrected chi connectivity index (χ2v) is 7.52. The number of ether oxygens (including phenoxy) is 1. The van der Waals surface area contributed by atoms with Crippen molar-refractivity contribution in [3.63, 3.8) is 0 Å². The fourth-order valence-corrected chi connectivity index (χ4v) is 3.95. The highest BCUT2D eigenvalue weighted by Crippen LogP contribution is 2.32. The normalized spacial score (nSPS) is 19.7. The molecule has 2 aromatic carbocycles. The molecule has 2 nitrogen and oxygen atoms in total. The molecule has 0 bridgehead atoms. The molecule has 0 aliphatic heterocycles. The Hall–Kier alpha value is -2.53. The minimum Gasteiger partial charge on any atom is -0.490 e. The van der Waals surface area contributed by atoms with Crippen LogP contribution in [-0.2, 0) is 0 Å². The molecular formula is C25H29NO. The molecule has 1 aliphatic carbocycles. The zero-order valence-corrected chi connectivity index (χ0v) is 16.2. The van der Waals surface area contributed by atoms with Gasteiger partial charge in [-0.25, -0.2) is 0 Å². The van der Waals surface area contributed by atoms with Gasteiger partial charge in [0, 0.05) is 0 Å². The lowest BCUT2D eigenvalue weighted by Gasteiger charge is -2.26. The van der Waals surface area contributed by atoms with Crippen molar-refractivity contribution in [1.29, 1.82) is 5.26 Å². The van der Waals surface area contributed by atoms with E-state index in [0.29, 0.717) is 12.2 Å². The van der Waals surface area contributed by atoms with Crippen molar-refractivity contribution in [3.05, 3.63) is 66.2 Å². The van der Waals surface area contributed by atoms with Gasteiger partial charge in [0.25, 0.3) is 0 Å². The van der Waals surface area contributed by atoms with Gasteiger partial charge in [-0.2, -0.15) is 5.26 Å². The molecule has 0 atom stereocenters. The van der Waals surface area contributed by atoms with E-state index in [1.54, 1.807) is 0 Å². The van der Waals surface area contributed by atoms with Gasteiger partial charge in [0.2, 0.25) is 0 Å². The first kappa shape index (κ1) is 19.2. The van der Waals surface area contributed by atoms with Crippen molar-refractivity contribution in [2.24, 2.45) is 11.8 Å². The molecule has 0 unspecified atom stereocenters. The Bertz CT molecular complexity index is 759.